The molecule has 0 unspecified atom stereocenters. The molecule has 0 spiro atoms. The van der Waals surface area contributed by atoms with E-state index in [-0.39, 0.29) is 0 Å². The topological polar surface area (TPSA) is 63.5 Å². The summed E-state index contributed by atoms with van der Waals surface area (Å²) in [5.41, 5.74) is 3.63. The Morgan fingerprint density at radius 1 is 1.16 bits per heavy atom. The van der Waals surface area contributed by atoms with E-state index in [2.05, 4.69) is 34.6 Å². The van der Waals surface area contributed by atoms with Gasteiger partial charge >= 0.3 is 0 Å². The minimum atomic E-state index is 0.683. The van der Waals surface area contributed by atoms with E-state index in [1.54, 1.807) is 7.05 Å². The van der Waals surface area contributed by atoms with Crippen molar-refractivity contribution in [3.8, 4) is 5.75 Å². The highest BCUT2D eigenvalue weighted by Gasteiger charge is 2.08. The molecule has 2 rings (SSSR count). The lowest BCUT2D eigenvalue weighted by atomic mass is 10.1. The van der Waals surface area contributed by atoms with Crippen molar-refractivity contribution < 1.29 is 4.74 Å². The number of hydrogen-bond donors (Lipinski definition) is 2. The highest BCUT2D eigenvalue weighted by Crippen LogP contribution is 2.11. The van der Waals surface area contributed by atoms with Crippen LogP contribution in [0.1, 0.15) is 23.4 Å². The van der Waals surface area contributed by atoms with Gasteiger partial charge in [-0.05, 0) is 44.4 Å². The van der Waals surface area contributed by atoms with E-state index in [0.717, 1.165) is 43.3 Å². The van der Waals surface area contributed by atoms with Gasteiger partial charge in [-0.25, -0.2) is 0 Å². The predicted molar refractivity (Wildman–Crippen MR) is 102 cm³/mol. The zero-order valence-corrected chi connectivity index (χ0v) is 15.7. The van der Waals surface area contributed by atoms with Crippen molar-refractivity contribution in [2.75, 3.05) is 26.7 Å². The fraction of sp³-hybridized carbons (Fsp3) is 0.474. The zero-order chi connectivity index (χ0) is 18.1. The van der Waals surface area contributed by atoms with Crippen LogP contribution in [0.5, 0.6) is 5.75 Å². The van der Waals surface area contributed by atoms with Crippen LogP contribution in [0, 0.1) is 13.8 Å². The summed E-state index contributed by atoms with van der Waals surface area (Å²) in [6, 6.07) is 9.88. The highest BCUT2D eigenvalue weighted by atomic mass is 16.5. The number of aryl methyl sites for hydroxylation is 2. The van der Waals surface area contributed by atoms with E-state index in [1.807, 2.05) is 42.1 Å². The molecule has 136 valence electrons. The normalized spacial score (nSPS) is 11.4. The van der Waals surface area contributed by atoms with Crippen LogP contribution < -0.4 is 15.4 Å². The highest BCUT2D eigenvalue weighted by molar-refractivity contribution is 5.79. The Hall–Kier alpha value is -2.50. The van der Waals surface area contributed by atoms with Crippen molar-refractivity contribution in [1.29, 1.82) is 0 Å². The molecule has 6 nitrogen and oxygen atoms in total. The summed E-state index contributed by atoms with van der Waals surface area (Å²) in [5.74, 6) is 1.73. The molecule has 1 heterocycles. The lowest BCUT2D eigenvalue weighted by molar-refractivity contribution is 0.311. The SMILES string of the molecule is CN=C(NCCCOc1ccccc1)NCCc1c(C)nn(C)c1C. The molecule has 25 heavy (non-hydrogen) atoms. The van der Waals surface area contributed by atoms with Gasteiger partial charge in [0.05, 0.1) is 12.3 Å². The summed E-state index contributed by atoms with van der Waals surface area (Å²) in [5, 5.41) is 11.1. The molecule has 0 bridgehead atoms. The molecule has 0 saturated carbocycles. The minimum Gasteiger partial charge on any atom is -0.494 e. The fourth-order valence-corrected chi connectivity index (χ4v) is 2.69. The molecule has 2 N–H and O–H groups in total. The predicted octanol–water partition coefficient (Wildman–Crippen LogP) is 2.21. The first kappa shape index (κ1) is 18.8. The number of aromatic nitrogens is 2. The first-order chi connectivity index (χ1) is 12.1. The second kappa shape index (κ2) is 9.71. The van der Waals surface area contributed by atoms with Crippen molar-refractivity contribution in [1.82, 2.24) is 20.4 Å². The fourth-order valence-electron chi connectivity index (χ4n) is 2.69. The number of nitrogens with one attached hydrogen (secondary N) is 2. The van der Waals surface area contributed by atoms with Gasteiger partial charge in [-0.2, -0.15) is 5.10 Å². The van der Waals surface area contributed by atoms with Gasteiger partial charge in [-0.15, -0.1) is 0 Å². The third-order valence-electron chi connectivity index (χ3n) is 4.18. The van der Waals surface area contributed by atoms with Gasteiger partial charge in [0.2, 0.25) is 0 Å². The first-order valence-corrected chi connectivity index (χ1v) is 8.73. The Labute approximate surface area is 150 Å². The molecule has 1 aromatic carbocycles. The maximum atomic E-state index is 5.68. The molecular weight excluding hydrogens is 314 g/mol. The summed E-state index contributed by atoms with van der Waals surface area (Å²) < 4.78 is 7.61. The number of rotatable bonds is 8. The second-order valence-corrected chi connectivity index (χ2v) is 5.96. The summed E-state index contributed by atoms with van der Waals surface area (Å²) >= 11 is 0. The van der Waals surface area contributed by atoms with E-state index in [1.165, 1.54) is 11.3 Å². The van der Waals surface area contributed by atoms with Crippen molar-refractivity contribution in [3.63, 3.8) is 0 Å². The monoisotopic (exact) mass is 343 g/mol. The van der Waals surface area contributed by atoms with Crippen LogP contribution in [0.4, 0.5) is 0 Å². The Morgan fingerprint density at radius 2 is 1.88 bits per heavy atom. The van der Waals surface area contributed by atoms with Crippen LogP contribution >= 0.6 is 0 Å². The maximum absolute atomic E-state index is 5.68. The summed E-state index contributed by atoms with van der Waals surface area (Å²) in [4.78, 5) is 4.26. The van der Waals surface area contributed by atoms with Crippen LogP contribution in [0.2, 0.25) is 0 Å². The van der Waals surface area contributed by atoms with E-state index in [0.29, 0.717) is 6.61 Å². The zero-order valence-electron chi connectivity index (χ0n) is 15.7. The van der Waals surface area contributed by atoms with Gasteiger partial charge in [0.25, 0.3) is 0 Å². The third kappa shape index (κ3) is 5.81. The summed E-state index contributed by atoms with van der Waals surface area (Å²) in [6.45, 7) is 6.49. The van der Waals surface area contributed by atoms with Gasteiger partial charge in [0.15, 0.2) is 5.96 Å². The Bertz CT molecular complexity index is 679. The van der Waals surface area contributed by atoms with Crippen molar-refractivity contribution >= 4 is 5.96 Å². The maximum Gasteiger partial charge on any atom is 0.190 e. The molecule has 0 aliphatic rings. The Kier molecular flexibility index (Phi) is 7.32. The first-order valence-electron chi connectivity index (χ1n) is 8.73. The molecule has 0 saturated heterocycles. The Morgan fingerprint density at radius 3 is 2.52 bits per heavy atom. The largest absolute Gasteiger partial charge is 0.494 e. The molecule has 0 amide bonds. The van der Waals surface area contributed by atoms with Crippen LogP contribution in [0.3, 0.4) is 0 Å². The number of guanidine groups is 1. The van der Waals surface area contributed by atoms with Gasteiger partial charge < -0.3 is 15.4 Å². The van der Waals surface area contributed by atoms with Crippen molar-refractivity contribution in [2.45, 2.75) is 26.7 Å². The van der Waals surface area contributed by atoms with Crippen molar-refractivity contribution in [2.24, 2.45) is 12.0 Å². The standard InChI is InChI=1S/C19H29N5O/c1-15-18(16(2)24(4)23-15)11-13-22-19(20-3)21-12-8-14-25-17-9-6-5-7-10-17/h5-7,9-10H,8,11-14H2,1-4H3,(H2,20,21,22). The summed E-state index contributed by atoms with van der Waals surface area (Å²) in [7, 11) is 3.77. The number of hydrogen-bond acceptors (Lipinski definition) is 3. The number of ether oxygens (including phenoxy) is 1. The second-order valence-electron chi connectivity index (χ2n) is 5.96. The quantitative estimate of drug-likeness (QED) is 0.438. The molecule has 6 heteroatoms. The number of benzene rings is 1. The average molecular weight is 343 g/mol. The van der Waals surface area contributed by atoms with Gasteiger partial charge in [-0.1, -0.05) is 18.2 Å². The van der Waals surface area contributed by atoms with E-state index < -0.39 is 0 Å². The van der Waals surface area contributed by atoms with E-state index in [4.69, 9.17) is 4.74 Å². The molecule has 0 aliphatic heterocycles. The molecular formula is C19H29N5O. The summed E-state index contributed by atoms with van der Waals surface area (Å²) in [6.07, 6.45) is 1.85. The number of para-hydroxylation sites is 1. The molecule has 1 aromatic heterocycles. The van der Waals surface area contributed by atoms with Crippen LogP contribution in [-0.4, -0.2) is 42.5 Å². The van der Waals surface area contributed by atoms with Gasteiger partial charge in [0.1, 0.15) is 5.75 Å². The van der Waals surface area contributed by atoms with E-state index in [9.17, 15) is 0 Å². The minimum absolute atomic E-state index is 0.683. The van der Waals surface area contributed by atoms with Crippen LogP contribution in [0.25, 0.3) is 0 Å². The molecule has 0 radical (unpaired) electrons. The average Bonchev–Trinajstić information content (AvgIpc) is 2.86. The van der Waals surface area contributed by atoms with Crippen molar-refractivity contribution in [3.05, 3.63) is 47.3 Å². The van der Waals surface area contributed by atoms with Crippen LogP contribution in [0.15, 0.2) is 35.3 Å². The van der Waals surface area contributed by atoms with E-state index >= 15 is 0 Å². The third-order valence-corrected chi connectivity index (χ3v) is 4.18. The molecule has 0 fully saturated rings. The molecule has 2 aromatic rings. The van der Waals surface area contributed by atoms with Gasteiger partial charge in [0, 0.05) is 32.9 Å². The molecule has 0 aliphatic carbocycles. The lowest BCUT2D eigenvalue weighted by Crippen LogP contribution is -2.39. The smallest absolute Gasteiger partial charge is 0.190 e. The lowest BCUT2D eigenvalue weighted by Gasteiger charge is -2.12. The number of nitrogens with zero attached hydrogens (tertiary/aromatic N) is 3. The van der Waals surface area contributed by atoms with Gasteiger partial charge in [-0.3, -0.25) is 9.67 Å². The molecule has 0 atom stereocenters. The van der Waals surface area contributed by atoms with Crippen LogP contribution in [-0.2, 0) is 13.5 Å². The Balaban J connectivity index is 1.64. The number of aliphatic imine (C=N–C) groups is 1.